The normalized spacial score (nSPS) is 27.5. The van der Waals surface area contributed by atoms with E-state index in [2.05, 4.69) is 56.5 Å². The van der Waals surface area contributed by atoms with Gasteiger partial charge in [0.2, 0.25) is 0 Å². The molecule has 2 aromatic rings. The third kappa shape index (κ3) is 3.50. The second kappa shape index (κ2) is 8.07. The Kier molecular flexibility index (Phi) is 5.08. The number of fused-ring (bicyclic) bond motifs is 4. The predicted octanol–water partition coefficient (Wildman–Crippen LogP) is 6.02. The molecular formula is C26H29ClN4. The molecule has 2 heterocycles. The van der Waals surface area contributed by atoms with Crippen LogP contribution in [0.1, 0.15) is 68.1 Å². The van der Waals surface area contributed by atoms with Gasteiger partial charge < -0.3 is 5.32 Å². The van der Waals surface area contributed by atoms with Gasteiger partial charge in [-0.05, 0) is 78.8 Å². The summed E-state index contributed by atoms with van der Waals surface area (Å²) in [6.07, 6.45) is 18.5. The second-order valence-corrected chi connectivity index (χ2v) is 9.89. The van der Waals surface area contributed by atoms with Crippen molar-refractivity contribution in [3.8, 4) is 5.69 Å². The van der Waals surface area contributed by atoms with Gasteiger partial charge in [0.25, 0.3) is 0 Å². The molecule has 0 saturated heterocycles. The second-order valence-electron chi connectivity index (χ2n) is 9.45. The van der Waals surface area contributed by atoms with Gasteiger partial charge >= 0.3 is 0 Å². The summed E-state index contributed by atoms with van der Waals surface area (Å²) in [6, 6.07) is 6.15. The molecule has 4 nitrogen and oxygen atoms in total. The van der Waals surface area contributed by atoms with Gasteiger partial charge in [0, 0.05) is 17.5 Å². The summed E-state index contributed by atoms with van der Waals surface area (Å²) in [6.45, 7) is 1.53. The molecule has 6 rings (SSSR count). The quantitative estimate of drug-likeness (QED) is 0.630. The third-order valence-electron chi connectivity index (χ3n) is 7.64. The number of aromatic nitrogens is 3. The molecule has 1 saturated carbocycles. The average molecular weight is 433 g/mol. The van der Waals surface area contributed by atoms with Crippen LogP contribution in [0.15, 0.2) is 53.6 Å². The van der Waals surface area contributed by atoms with Crippen molar-refractivity contribution in [1.29, 1.82) is 0 Å². The van der Waals surface area contributed by atoms with Crippen molar-refractivity contribution in [3.05, 3.63) is 75.9 Å². The largest absolute Gasteiger partial charge is 0.306 e. The summed E-state index contributed by atoms with van der Waals surface area (Å²) in [4.78, 5) is 0. The Labute approximate surface area is 189 Å². The Bertz CT molecular complexity index is 1090. The lowest BCUT2D eigenvalue weighted by atomic mass is 9.69. The van der Waals surface area contributed by atoms with Crippen LogP contribution < -0.4 is 5.32 Å². The van der Waals surface area contributed by atoms with Crippen molar-refractivity contribution < 1.29 is 0 Å². The van der Waals surface area contributed by atoms with Gasteiger partial charge in [0.1, 0.15) is 5.82 Å². The highest BCUT2D eigenvalue weighted by molar-refractivity contribution is 6.30. The fourth-order valence-corrected chi connectivity index (χ4v) is 6.27. The maximum atomic E-state index is 6.27. The molecule has 0 spiro atoms. The summed E-state index contributed by atoms with van der Waals surface area (Å²) >= 11 is 6.27. The van der Waals surface area contributed by atoms with Gasteiger partial charge in [-0.2, -0.15) is 0 Å². The van der Waals surface area contributed by atoms with Gasteiger partial charge in [-0.15, -0.1) is 10.2 Å². The topological polar surface area (TPSA) is 42.7 Å². The van der Waals surface area contributed by atoms with Crippen molar-refractivity contribution in [1.82, 2.24) is 20.1 Å². The van der Waals surface area contributed by atoms with Gasteiger partial charge in [-0.3, -0.25) is 4.57 Å². The van der Waals surface area contributed by atoms with E-state index in [-0.39, 0.29) is 0 Å². The molecular weight excluding hydrogens is 404 g/mol. The first kappa shape index (κ1) is 19.5. The predicted molar refractivity (Wildman–Crippen MR) is 124 cm³/mol. The molecule has 5 heteroatoms. The number of hydrogen-bond donors (Lipinski definition) is 1. The lowest BCUT2D eigenvalue weighted by Crippen LogP contribution is -2.23. The zero-order valence-corrected chi connectivity index (χ0v) is 18.6. The Morgan fingerprint density at radius 3 is 2.90 bits per heavy atom. The highest BCUT2D eigenvalue weighted by atomic mass is 35.5. The minimum atomic E-state index is 0.411. The minimum absolute atomic E-state index is 0.411. The minimum Gasteiger partial charge on any atom is -0.306 e. The van der Waals surface area contributed by atoms with Crippen LogP contribution >= 0.6 is 11.6 Å². The monoisotopic (exact) mass is 432 g/mol. The zero-order valence-electron chi connectivity index (χ0n) is 17.9. The van der Waals surface area contributed by atoms with Crippen LogP contribution in [-0.2, 0) is 13.1 Å². The third-order valence-corrected chi connectivity index (χ3v) is 7.87. The zero-order chi connectivity index (χ0) is 20.8. The SMILES string of the molecule is Clc1ccc2c(c1)CNCc1nnc(C3CC=C(C4=CC=CC5CCCCC45)CC3)n1-2. The van der Waals surface area contributed by atoms with Crippen LogP contribution in [-0.4, -0.2) is 14.8 Å². The molecule has 0 radical (unpaired) electrons. The lowest BCUT2D eigenvalue weighted by molar-refractivity contribution is 0.320. The van der Waals surface area contributed by atoms with Crippen molar-refractivity contribution in [2.75, 3.05) is 0 Å². The van der Waals surface area contributed by atoms with Crippen molar-refractivity contribution >= 4 is 11.6 Å². The Balaban J connectivity index is 1.29. The first-order valence-electron chi connectivity index (χ1n) is 11.8. The van der Waals surface area contributed by atoms with E-state index in [1.54, 1.807) is 11.1 Å². The first-order chi connectivity index (χ1) is 15.3. The molecule has 1 aromatic heterocycles. The van der Waals surface area contributed by atoms with Gasteiger partial charge in [0.15, 0.2) is 5.82 Å². The number of hydrogen-bond acceptors (Lipinski definition) is 3. The summed E-state index contributed by atoms with van der Waals surface area (Å²) < 4.78 is 2.29. The molecule has 1 aromatic carbocycles. The standard InChI is InChI=1S/C26H29ClN4/c27-21-12-13-24-20(14-21)15-28-16-25-29-30-26(31(24)25)19-10-8-18(9-11-19)23-7-3-5-17-4-1-2-6-22(17)23/h3,5,7-8,12-14,17,19,22,28H,1-2,4,6,9-11,15-16H2. The van der Waals surface area contributed by atoms with E-state index in [9.17, 15) is 0 Å². The summed E-state index contributed by atoms with van der Waals surface area (Å²) in [5.41, 5.74) is 5.59. The van der Waals surface area contributed by atoms with E-state index in [4.69, 9.17) is 11.6 Å². The number of nitrogens with zero attached hydrogens (tertiary/aromatic N) is 3. The molecule has 3 aliphatic carbocycles. The fraction of sp³-hybridized carbons (Fsp3) is 0.462. The van der Waals surface area contributed by atoms with Crippen molar-refractivity contribution in [2.45, 2.75) is 64.0 Å². The Morgan fingerprint density at radius 1 is 1.06 bits per heavy atom. The van der Waals surface area contributed by atoms with Crippen LogP contribution in [0.2, 0.25) is 5.02 Å². The summed E-state index contributed by atoms with van der Waals surface area (Å²) in [5, 5.41) is 13.5. The van der Waals surface area contributed by atoms with E-state index in [0.717, 1.165) is 60.9 Å². The lowest BCUT2D eigenvalue weighted by Gasteiger charge is -2.36. The molecule has 160 valence electrons. The Morgan fingerprint density at radius 2 is 2.00 bits per heavy atom. The smallest absolute Gasteiger partial charge is 0.151 e. The highest BCUT2D eigenvalue weighted by Crippen LogP contribution is 2.44. The van der Waals surface area contributed by atoms with Crippen LogP contribution in [0.3, 0.4) is 0 Å². The van der Waals surface area contributed by atoms with Crippen LogP contribution in [0, 0.1) is 11.8 Å². The van der Waals surface area contributed by atoms with Gasteiger partial charge in [-0.1, -0.05) is 48.7 Å². The number of halogens is 1. The van der Waals surface area contributed by atoms with E-state index in [0.29, 0.717) is 5.92 Å². The molecule has 1 N–H and O–H groups in total. The average Bonchev–Trinajstić information content (AvgIpc) is 3.14. The molecule has 3 unspecified atom stereocenters. The van der Waals surface area contributed by atoms with Gasteiger partial charge in [-0.25, -0.2) is 0 Å². The molecule has 0 bridgehead atoms. The Hall–Kier alpha value is -2.17. The van der Waals surface area contributed by atoms with E-state index in [1.165, 1.54) is 36.9 Å². The number of rotatable bonds is 2. The van der Waals surface area contributed by atoms with Crippen molar-refractivity contribution in [2.24, 2.45) is 11.8 Å². The summed E-state index contributed by atoms with van der Waals surface area (Å²) in [7, 11) is 0. The maximum Gasteiger partial charge on any atom is 0.151 e. The van der Waals surface area contributed by atoms with E-state index >= 15 is 0 Å². The number of nitrogens with one attached hydrogen (secondary N) is 1. The molecule has 31 heavy (non-hydrogen) atoms. The van der Waals surface area contributed by atoms with Crippen LogP contribution in [0.4, 0.5) is 0 Å². The number of allylic oxidation sites excluding steroid dienone is 6. The molecule has 0 amide bonds. The highest BCUT2D eigenvalue weighted by Gasteiger charge is 2.32. The van der Waals surface area contributed by atoms with Crippen LogP contribution in [0.5, 0.6) is 0 Å². The van der Waals surface area contributed by atoms with E-state index < -0.39 is 0 Å². The fourth-order valence-electron chi connectivity index (χ4n) is 6.07. The molecule has 1 aliphatic heterocycles. The maximum absolute atomic E-state index is 6.27. The number of benzene rings is 1. The van der Waals surface area contributed by atoms with Crippen LogP contribution in [0.25, 0.3) is 5.69 Å². The van der Waals surface area contributed by atoms with Crippen molar-refractivity contribution in [3.63, 3.8) is 0 Å². The molecule has 3 atom stereocenters. The van der Waals surface area contributed by atoms with E-state index in [1.807, 2.05) is 6.07 Å². The summed E-state index contributed by atoms with van der Waals surface area (Å²) in [5.74, 6) is 4.01. The first-order valence-corrected chi connectivity index (χ1v) is 12.2. The molecule has 1 fully saturated rings. The molecule has 4 aliphatic rings. The van der Waals surface area contributed by atoms with Gasteiger partial charge in [0.05, 0.1) is 12.2 Å².